The van der Waals surface area contributed by atoms with Crippen molar-refractivity contribution in [2.45, 2.75) is 12.5 Å². The Morgan fingerprint density at radius 3 is 2.44 bits per heavy atom. The summed E-state index contributed by atoms with van der Waals surface area (Å²) in [5.74, 6) is 0.0244. The van der Waals surface area contributed by atoms with Crippen LogP contribution >= 0.6 is 0 Å². The molecule has 1 aromatic carbocycles. The molecule has 2 rings (SSSR count). The zero-order valence-corrected chi connectivity index (χ0v) is 9.70. The normalized spacial score (nSPS) is 20.9. The van der Waals surface area contributed by atoms with Crippen LogP contribution in [0.25, 0.3) is 0 Å². The fraction of sp³-hybridized carbons (Fsp3) is 0.273. The molecule has 1 unspecified atom stereocenters. The first-order chi connectivity index (χ1) is 7.48. The van der Waals surface area contributed by atoms with Crippen LogP contribution in [0.4, 0.5) is 0 Å². The third-order valence-corrected chi connectivity index (χ3v) is 3.80. The largest absolute Gasteiger partial charge is 0.470 e. The maximum absolute atomic E-state index is 11.4. The van der Waals surface area contributed by atoms with Crippen molar-refractivity contribution in [3.8, 4) is 0 Å². The van der Waals surface area contributed by atoms with Crippen LogP contribution in [0.3, 0.4) is 0 Å². The predicted octanol–water partition coefficient (Wildman–Crippen LogP) is 1.32. The van der Waals surface area contributed by atoms with Gasteiger partial charge in [0.1, 0.15) is 11.0 Å². The van der Waals surface area contributed by atoms with Gasteiger partial charge in [0.15, 0.2) is 15.7 Å². The van der Waals surface area contributed by atoms with Gasteiger partial charge < -0.3 is 10.5 Å². The lowest BCUT2D eigenvalue weighted by Gasteiger charge is -2.10. The minimum Gasteiger partial charge on any atom is -0.470 e. The molecule has 1 aliphatic heterocycles. The Balaban J connectivity index is 2.25. The molecule has 4 nitrogen and oxygen atoms in total. The quantitative estimate of drug-likeness (QED) is 0.845. The van der Waals surface area contributed by atoms with Gasteiger partial charge in [-0.25, -0.2) is 8.42 Å². The first-order valence-electron chi connectivity index (χ1n) is 4.89. The van der Waals surface area contributed by atoms with Crippen LogP contribution in [0.2, 0.25) is 0 Å². The van der Waals surface area contributed by atoms with E-state index in [0.29, 0.717) is 6.42 Å². The molecular formula is C11H13NO3S. The van der Waals surface area contributed by atoms with E-state index >= 15 is 0 Å². The summed E-state index contributed by atoms with van der Waals surface area (Å²) in [6.45, 7) is 0. The Hall–Kier alpha value is -1.49. The molecule has 1 atom stereocenters. The standard InChI is InChI=1S/C11H13NO3S/c1-16(13,14)10-7-9(15-11(10)12)8-5-3-2-4-6-8/h2-6,9H,7,12H2,1H3. The molecule has 0 aromatic heterocycles. The van der Waals surface area contributed by atoms with E-state index in [2.05, 4.69) is 0 Å². The molecule has 0 amide bonds. The second-order valence-electron chi connectivity index (χ2n) is 3.78. The molecule has 0 bridgehead atoms. The van der Waals surface area contributed by atoms with Crippen molar-refractivity contribution in [3.63, 3.8) is 0 Å². The average molecular weight is 239 g/mol. The smallest absolute Gasteiger partial charge is 0.199 e. The molecule has 2 N–H and O–H groups in total. The lowest BCUT2D eigenvalue weighted by atomic mass is 10.1. The summed E-state index contributed by atoms with van der Waals surface area (Å²) in [4.78, 5) is 0.196. The number of benzene rings is 1. The first kappa shape index (κ1) is 11.0. The molecule has 0 saturated carbocycles. The van der Waals surface area contributed by atoms with Crippen LogP contribution in [-0.4, -0.2) is 14.7 Å². The third-order valence-electron chi connectivity index (χ3n) is 2.53. The lowest BCUT2D eigenvalue weighted by Crippen LogP contribution is -2.05. The van der Waals surface area contributed by atoms with Crippen LogP contribution in [0.5, 0.6) is 0 Å². The van der Waals surface area contributed by atoms with Gasteiger partial charge in [-0.1, -0.05) is 30.3 Å². The fourth-order valence-electron chi connectivity index (χ4n) is 1.72. The number of nitrogens with two attached hydrogens (primary N) is 1. The summed E-state index contributed by atoms with van der Waals surface area (Å²) in [7, 11) is -3.26. The topological polar surface area (TPSA) is 69.4 Å². The Bertz CT molecular complexity index is 519. The SMILES string of the molecule is CS(=O)(=O)C1=C(N)OC(c2ccccc2)C1. The molecule has 0 radical (unpaired) electrons. The van der Waals surface area contributed by atoms with Crippen LogP contribution < -0.4 is 5.73 Å². The van der Waals surface area contributed by atoms with Crippen LogP contribution in [0.15, 0.2) is 41.1 Å². The Kier molecular flexibility index (Phi) is 2.63. The molecule has 0 fully saturated rings. The Morgan fingerprint density at radius 2 is 1.94 bits per heavy atom. The average Bonchev–Trinajstić information content (AvgIpc) is 2.61. The second-order valence-corrected chi connectivity index (χ2v) is 5.82. The molecule has 1 aliphatic rings. The van der Waals surface area contributed by atoms with Crippen LogP contribution in [0, 0.1) is 0 Å². The summed E-state index contributed by atoms with van der Waals surface area (Å²) < 4.78 is 28.2. The highest BCUT2D eigenvalue weighted by Crippen LogP contribution is 2.35. The summed E-state index contributed by atoms with van der Waals surface area (Å²) in [5, 5.41) is 0. The van der Waals surface area contributed by atoms with E-state index < -0.39 is 9.84 Å². The number of hydrogen-bond acceptors (Lipinski definition) is 4. The minimum atomic E-state index is -3.26. The first-order valence-corrected chi connectivity index (χ1v) is 6.78. The molecule has 0 aliphatic carbocycles. The van der Waals surface area contributed by atoms with Gasteiger partial charge in [0.05, 0.1) is 0 Å². The van der Waals surface area contributed by atoms with Gasteiger partial charge in [-0.05, 0) is 5.56 Å². The number of sulfone groups is 1. The highest BCUT2D eigenvalue weighted by molar-refractivity contribution is 7.94. The predicted molar refractivity (Wildman–Crippen MR) is 60.9 cm³/mol. The summed E-state index contributed by atoms with van der Waals surface area (Å²) in [6.07, 6.45) is 1.17. The minimum absolute atomic E-state index is 0.0244. The van der Waals surface area contributed by atoms with E-state index in [9.17, 15) is 8.42 Å². The zero-order chi connectivity index (χ0) is 11.8. The summed E-state index contributed by atoms with van der Waals surface area (Å²) in [5.41, 5.74) is 6.51. The van der Waals surface area contributed by atoms with E-state index in [1.807, 2.05) is 30.3 Å². The second kappa shape index (κ2) is 3.83. The van der Waals surface area contributed by atoms with Gasteiger partial charge >= 0.3 is 0 Å². The molecule has 0 saturated heterocycles. The molecule has 1 aromatic rings. The van der Waals surface area contributed by atoms with Gasteiger partial charge in [-0.2, -0.15) is 0 Å². The molecule has 16 heavy (non-hydrogen) atoms. The van der Waals surface area contributed by atoms with E-state index in [0.717, 1.165) is 11.8 Å². The van der Waals surface area contributed by atoms with Crippen molar-refractivity contribution >= 4 is 9.84 Å². The molecule has 1 heterocycles. The van der Waals surface area contributed by atoms with Crippen molar-refractivity contribution in [1.82, 2.24) is 0 Å². The van der Waals surface area contributed by atoms with Crippen molar-refractivity contribution in [2.75, 3.05) is 6.26 Å². The highest BCUT2D eigenvalue weighted by Gasteiger charge is 2.31. The third kappa shape index (κ3) is 2.04. The fourth-order valence-corrected chi connectivity index (χ4v) is 2.58. The molecule has 86 valence electrons. The van der Waals surface area contributed by atoms with E-state index in [4.69, 9.17) is 10.5 Å². The maximum Gasteiger partial charge on any atom is 0.199 e. The monoisotopic (exact) mass is 239 g/mol. The van der Waals surface area contributed by atoms with E-state index in [1.165, 1.54) is 0 Å². The number of rotatable bonds is 2. The van der Waals surface area contributed by atoms with E-state index in [-0.39, 0.29) is 16.9 Å². The number of hydrogen-bond donors (Lipinski definition) is 1. The van der Waals surface area contributed by atoms with Gasteiger partial charge in [-0.3, -0.25) is 0 Å². The van der Waals surface area contributed by atoms with Crippen molar-refractivity contribution < 1.29 is 13.2 Å². The van der Waals surface area contributed by atoms with Gasteiger partial charge in [-0.15, -0.1) is 0 Å². The lowest BCUT2D eigenvalue weighted by molar-refractivity contribution is 0.143. The van der Waals surface area contributed by atoms with Gasteiger partial charge in [0, 0.05) is 12.7 Å². The Labute approximate surface area is 94.6 Å². The van der Waals surface area contributed by atoms with Crippen molar-refractivity contribution in [1.29, 1.82) is 0 Å². The van der Waals surface area contributed by atoms with E-state index in [1.54, 1.807) is 0 Å². The van der Waals surface area contributed by atoms with Gasteiger partial charge in [0.2, 0.25) is 0 Å². The maximum atomic E-state index is 11.4. The molecule has 5 heteroatoms. The summed E-state index contributed by atoms with van der Waals surface area (Å²) >= 11 is 0. The van der Waals surface area contributed by atoms with Crippen LogP contribution in [0.1, 0.15) is 18.1 Å². The van der Waals surface area contributed by atoms with Gasteiger partial charge in [0.25, 0.3) is 0 Å². The zero-order valence-electron chi connectivity index (χ0n) is 8.88. The van der Waals surface area contributed by atoms with Crippen LogP contribution in [-0.2, 0) is 14.6 Å². The number of ether oxygens (including phenoxy) is 1. The van der Waals surface area contributed by atoms with Crippen molar-refractivity contribution in [3.05, 3.63) is 46.7 Å². The highest BCUT2D eigenvalue weighted by atomic mass is 32.2. The molecule has 0 spiro atoms. The summed E-state index contributed by atoms with van der Waals surface area (Å²) in [6, 6.07) is 9.44. The van der Waals surface area contributed by atoms with Crippen molar-refractivity contribution in [2.24, 2.45) is 5.73 Å². The Morgan fingerprint density at radius 1 is 1.31 bits per heavy atom. The molecular weight excluding hydrogens is 226 g/mol.